The van der Waals surface area contributed by atoms with Crippen LogP contribution in [0.25, 0.3) is 44.5 Å². The molecule has 0 atom stereocenters. The topological polar surface area (TPSA) is 158 Å². The summed E-state index contributed by atoms with van der Waals surface area (Å²) in [4.78, 5) is 19.9. The van der Waals surface area contributed by atoms with Gasteiger partial charge in [-0.15, -0.1) is 0 Å². The Labute approximate surface area is 428 Å². The Morgan fingerprint density at radius 3 is 1.49 bits per heavy atom. The summed E-state index contributed by atoms with van der Waals surface area (Å²) in [6.07, 6.45) is 4.16. The first kappa shape index (κ1) is 48.7. The minimum Gasteiger partial charge on any atom is -0.487 e. The summed E-state index contributed by atoms with van der Waals surface area (Å²) < 4.78 is 76.6. The Bertz CT molecular complexity index is 3520. The van der Waals surface area contributed by atoms with Crippen molar-refractivity contribution >= 4 is 77.9 Å². The number of halogens is 4. The van der Waals surface area contributed by atoms with Gasteiger partial charge >= 0.3 is 0 Å². The summed E-state index contributed by atoms with van der Waals surface area (Å²) in [6.45, 7) is 1.13. The molecule has 0 radical (unpaired) electrons. The van der Waals surface area contributed by atoms with Gasteiger partial charge in [0.2, 0.25) is 0 Å². The Morgan fingerprint density at radius 1 is 0.575 bits per heavy atom. The van der Waals surface area contributed by atoms with E-state index in [0.29, 0.717) is 103 Å². The summed E-state index contributed by atoms with van der Waals surface area (Å²) in [7, 11) is -3.30. The number of hydrogen-bond acceptors (Lipinski definition) is 13. The fourth-order valence-corrected chi connectivity index (χ4v) is 9.11. The molecule has 0 amide bonds. The van der Waals surface area contributed by atoms with Gasteiger partial charge < -0.3 is 28.9 Å². The molecule has 10 aromatic rings. The number of fused-ring (bicyclic) bond motifs is 2. The van der Waals surface area contributed by atoms with E-state index in [2.05, 4.69) is 30.6 Å². The number of furan rings is 2. The van der Waals surface area contributed by atoms with Gasteiger partial charge in [0.1, 0.15) is 93.5 Å². The predicted octanol–water partition coefficient (Wildman–Crippen LogP) is 13.4. The number of nitrogens with zero attached hydrogens (tertiary/aromatic N) is 5. The fraction of sp³-hybridized carbons (Fsp3) is 0.127. The average molecular weight is 1040 g/mol. The first-order valence-corrected chi connectivity index (χ1v) is 25.6. The molecule has 0 aliphatic rings. The number of benzene rings is 6. The molecule has 4 heterocycles. The highest BCUT2D eigenvalue weighted by Crippen LogP contribution is 2.36. The molecular weight excluding hydrogens is 996 g/mol. The van der Waals surface area contributed by atoms with Crippen molar-refractivity contribution in [3.8, 4) is 34.1 Å². The smallest absolute Gasteiger partial charge is 0.148 e. The van der Waals surface area contributed by atoms with Crippen molar-refractivity contribution in [3.63, 3.8) is 0 Å². The summed E-state index contributed by atoms with van der Waals surface area (Å²) in [5.41, 5.74) is 5.64. The second kappa shape index (κ2) is 21.4. The molecule has 18 heteroatoms. The number of nitrogens with one attached hydrogen (secondary N) is 2. The van der Waals surface area contributed by atoms with Gasteiger partial charge in [0, 0.05) is 46.1 Å². The molecule has 73 heavy (non-hydrogen) atoms. The maximum Gasteiger partial charge on any atom is 0.148 e. The highest BCUT2D eigenvalue weighted by Gasteiger charge is 2.18. The second-order valence-corrected chi connectivity index (χ2v) is 20.2. The molecule has 368 valence electrons. The molecule has 2 N–H and O–H groups in total. The van der Waals surface area contributed by atoms with Crippen LogP contribution in [0.15, 0.2) is 167 Å². The predicted molar refractivity (Wildman–Crippen MR) is 279 cm³/mol. The average Bonchev–Trinajstić information content (AvgIpc) is 4.05. The van der Waals surface area contributed by atoms with Crippen LogP contribution in [0.1, 0.15) is 22.6 Å². The lowest BCUT2D eigenvalue weighted by atomic mass is 10.1. The Balaban J connectivity index is 0.819. The summed E-state index contributed by atoms with van der Waals surface area (Å²) in [5, 5.41) is 8.87. The van der Waals surface area contributed by atoms with Crippen LogP contribution in [0.4, 0.5) is 31.8 Å². The highest BCUT2D eigenvalue weighted by atomic mass is 35.5. The van der Waals surface area contributed by atoms with Crippen LogP contribution < -0.4 is 20.1 Å². The Kier molecular flexibility index (Phi) is 14.3. The largest absolute Gasteiger partial charge is 0.487 e. The maximum atomic E-state index is 13.7. The van der Waals surface area contributed by atoms with Crippen molar-refractivity contribution < 1.29 is 35.5 Å². The van der Waals surface area contributed by atoms with Crippen molar-refractivity contribution in [2.45, 2.75) is 26.3 Å². The monoisotopic (exact) mass is 1040 g/mol. The van der Waals surface area contributed by atoms with Crippen LogP contribution in [0.5, 0.6) is 11.5 Å². The highest BCUT2D eigenvalue weighted by molar-refractivity contribution is 7.90. The van der Waals surface area contributed by atoms with E-state index in [1.54, 1.807) is 48.5 Å². The fourth-order valence-electron chi connectivity index (χ4n) is 8.05. The molecule has 0 saturated carbocycles. The molecule has 6 aromatic carbocycles. The molecule has 0 saturated heterocycles. The van der Waals surface area contributed by atoms with Gasteiger partial charge in [0.05, 0.1) is 39.9 Å². The van der Waals surface area contributed by atoms with Crippen molar-refractivity contribution in [3.05, 3.63) is 203 Å². The van der Waals surface area contributed by atoms with Gasteiger partial charge in [-0.3, -0.25) is 4.90 Å². The molecule has 0 spiro atoms. The van der Waals surface area contributed by atoms with Gasteiger partial charge in [-0.05, 0) is 132 Å². The number of aromatic nitrogens is 4. The van der Waals surface area contributed by atoms with Gasteiger partial charge in [-0.1, -0.05) is 47.5 Å². The zero-order valence-electron chi connectivity index (χ0n) is 38.9. The lowest BCUT2D eigenvalue weighted by molar-refractivity contribution is 0.231. The normalized spacial score (nSPS) is 11.6. The van der Waals surface area contributed by atoms with Crippen LogP contribution >= 0.6 is 23.2 Å². The molecule has 0 aliphatic heterocycles. The molecular formula is C55H43Cl2F2N7O6S. The summed E-state index contributed by atoms with van der Waals surface area (Å²) in [5.74, 6) is 3.66. The zero-order chi connectivity index (χ0) is 50.5. The van der Waals surface area contributed by atoms with E-state index >= 15 is 0 Å². The van der Waals surface area contributed by atoms with Crippen LogP contribution in [0.3, 0.4) is 0 Å². The van der Waals surface area contributed by atoms with E-state index in [1.165, 1.54) is 43.2 Å². The third-order valence-corrected chi connectivity index (χ3v) is 13.2. The lowest BCUT2D eigenvalue weighted by Crippen LogP contribution is -2.28. The molecule has 0 aliphatic carbocycles. The van der Waals surface area contributed by atoms with E-state index < -0.39 is 9.84 Å². The van der Waals surface area contributed by atoms with E-state index in [1.807, 2.05) is 77.7 Å². The van der Waals surface area contributed by atoms with Crippen molar-refractivity contribution in [1.29, 1.82) is 0 Å². The first-order valence-electron chi connectivity index (χ1n) is 22.8. The van der Waals surface area contributed by atoms with Crippen LogP contribution in [0, 0.1) is 11.6 Å². The van der Waals surface area contributed by atoms with Gasteiger partial charge in [-0.25, -0.2) is 37.1 Å². The third kappa shape index (κ3) is 12.2. The standard InChI is InChI=1S/C55H43Cl2F2N7O6S/c1-73(67,68)21-20-66(28-42-12-18-50(71-42)36-8-14-48-44(24-36)54(62-32-60-48)64-40-10-16-52(46(56)26-40)69-30-34-4-2-6-38(58)22-34)29-43-13-19-51(72-43)37-9-15-49-45(25-37)55(63-33-61-49)65-41-11-17-53(47(57)27-41)70-31-35-5-3-7-39(59)23-35/h2-19,22-27,32-33H,20-21,28-31H2,1H3,(H,60,62,64)(H,61,63,65). The lowest BCUT2D eigenvalue weighted by Gasteiger charge is -2.19. The van der Waals surface area contributed by atoms with Gasteiger partial charge in [-0.2, -0.15) is 0 Å². The van der Waals surface area contributed by atoms with Crippen molar-refractivity contribution in [2.24, 2.45) is 0 Å². The van der Waals surface area contributed by atoms with Gasteiger partial charge in [0.15, 0.2) is 0 Å². The third-order valence-electron chi connectivity index (χ3n) is 11.7. The molecule has 10 rings (SSSR count). The summed E-state index contributed by atoms with van der Waals surface area (Å²) in [6, 6.07) is 41.9. The SMILES string of the molecule is CS(=O)(=O)CCN(Cc1ccc(-c2ccc3ncnc(Nc4ccc(OCc5cccc(F)c5)c(Cl)c4)c3c2)o1)Cc1ccc(-c2ccc3ncnc(Nc4ccc(OCc5cccc(F)c5)c(Cl)c4)c3c2)o1. The zero-order valence-corrected chi connectivity index (χ0v) is 41.2. The second-order valence-electron chi connectivity index (χ2n) is 17.2. The minimum absolute atomic E-state index is 0.0687. The number of hydrogen-bond donors (Lipinski definition) is 2. The number of ether oxygens (including phenoxy) is 2. The minimum atomic E-state index is -3.30. The van der Waals surface area contributed by atoms with E-state index in [9.17, 15) is 17.2 Å². The van der Waals surface area contributed by atoms with E-state index in [-0.39, 0.29) is 37.1 Å². The van der Waals surface area contributed by atoms with Crippen LogP contribution in [0.2, 0.25) is 10.0 Å². The summed E-state index contributed by atoms with van der Waals surface area (Å²) >= 11 is 13.2. The molecule has 0 unspecified atom stereocenters. The first-order chi connectivity index (χ1) is 35.3. The molecule has 0 bridgehead atoms. The van der Waals surface area contributed by atoms with Crippen LogP contribution in [-0.4, -0.2) is 51.8 Å². The maximum absolute atomic E-state index is 13.7. The van der Waals surface area contributed by atoms with E-state index in [4.69, 9.17) is 41.5 Å². The van der Waals surface area contributed by atoms with Crippen molar-refractivity contribution in [1.82, 2.24) is 24.8 Å². The molecule has 0 fully saturated rings. The molecule has 13 nitrogen and oxygen atoms in total. The number of anilines is 4. The molecule has 4 aromatic heterocycles. The number of sulfone groups is 1. The Hall–Kier alpha value is -7.89. The van der Waals surface area contributed by atoms with E-state index in [0.717, 1.165) is 21.9 Å². The number of rotatable bonds is 19. The van der Waals surface area contributed by atoms with Crippen LogP contribution in [-0.2, 0) is 36.1 Å². The van der Waals surface area contributed by atoms with Crippen molar-refractivity contribution in [2.75, 3.05) is 29.2 Å². The quantitative estimate of drug-likeness (QED) is 0.0789. The van der Waals surface area contributed by atoms with Gasteiger partial charge in [0.25, 0.3) is 0 Å². The Morgan fingerprint density at radius 2 is 1.05 bits per heavy atom.